The normalized spacial score (nSPS) is 25.5. The molecule has 0 aromatic heterocycles. The number of hydrogen-bond donors (Lipinski definition) is 18. The minimum atomic E-state index is -4.87. The van der Waals surface area contributed by atoms with Crippen molar-refractivity contribution >= 4 is 68.8 Å². The van der Waals surface area contributed by atoms with E-state index in [1.807, 2.05) is 0 Å². The van der Waals surface area contributed by atoms with Gasteiger partial charge in [-0.1, -0.05) is 58.3 Å². The fraction of sp³-hybridized carbons (Fsp3) is 0.887. The molecule has 4 aliphatic rings. The van der Waals surface area contributed by atoms with Crippen LogP contribution >= 0.6 is 15.6 Å². The van der Waals surface area contributed by atoms with E-state index in [0.717, 1.165) is 32.1 Å². The first kappa shape index (κ1) is 112. The number of amides is 9. The van der Waals surface area contributed by atoms with Crippen LogP contribution in [0.4, 0.5) is 0 Å². The van der Waals surface area contributed by atoms with E-state index in [9.17, 15) is 113 Å². The van der Waals surface area contributed by atoms with E-state index >= 15 is 0 Å². The maximum atomic E-state index is 13.9. The van der Waals surface area contributed by atoms with Crippen LogP contribution in [0.25, 0.3) is 0 Å². The molecule has 0 bridgehead atoms. The number of unbranched alkanes of at least 4 members (excludes halogenated alkanes) is 12. The smallest absolute Gasteiger partial charge is 0.395 e. The summed E-state index contributed by atoms with van der Waals surface area (Å²) in [5.74, 6) is -2.56. The van der Waals surface area contributed by atoms with E-state index in [0.29, 0.717) is 135 Å². The van der Waals surface area contributed by atoms with Crippen molar-refractivity contribution in [1.29, 1.82) is 0 Å². The third-order valence-corrected chi connectivity index (χ3v) is 23.8. The number of phosphoric acid groups is 2. The van der Waals surface area contributed by atoms with Crippen LogP contribution in [-0.2, 0) is 104 Å². The summed E-state index contributed by atoms with van der Waals surface area (Å²) in [7, 11) is -9.73. The molecule has 4 fully saturated rings. The van der Waals surface area contributed by atoms with E-state index in [1.165, 1.54) is 35.5 Å². The Morgan fingerprint density at radius 1 is 0.352 bits per heavy atom. The molecule has 726 valence electrons. The number of ether oxygens (including phenoxy) is 7. The second kappa shape index (κ2) is 63.7. The van der Waals surface area contributed by atoms with Crippen molar-refractivity contribution in [2.45, 2.75) is 312 Å². The zero-order valence-electron chi connectivity index (χ0n) is 73.3. The molecule has 45 heteroatoms. The largest absolute Gasteiger partial charge is 0.472 e. The number of aliphatic hydroxyl groups excluding tert-OH is 10. The van der Waals surface area contributed by atoms with Crippen molar-refractivity contribution in [1.82, 2.24) is 46.6 Å². The predicted molar refractivity (Wildman–Crippen MR) is 446 cm³/mol. The highest BCUT2D eigenvalue weighted by molar-refractivity contribution is 7.47. The van der Waals surface area contributed by atoms with Gasteiger partial charge in [0, 0.05) is 138 Å². The van der Waals surface area contributed by atoms with Gasteiger partial charge in [0.1, 0.15) is 73.1 Å². The lowest BCUT2D eigenvalue weighted by molar-refractivity contribution is -0.270. The van der Waals surface area contributed by atoms with E-state index in [1.54, 1.807) is 0 Å². The van der Waals surface area contributed by atoms with E-state index in [4.69, 9.17) is 51.3 Å². The molecule has 0 spiro atoms. The van der Waals surface area contributed by atoms with Crippen molar-refractivity contribution in [2.75, 3.05) is 138 Å². The number of rotatable bonds is 67. The number of nitrogens with zero attached hydrogens (tertiary/aromatic N) is 3. The third kappa shape index (κ3) is 46.4. The molecule has 19 unspecified atom stereocenters. The summed E-state index contributed by atoms with van der Waals surface area (Å²) in [6.45, 7) is 2.37. The van der Waals surface area contributed by atoms with Crippen LogP contribution in [0.1, 0.15) is 214 Å². The average molecular weight is 1840 g/mol. The van der Waals surface area contributed by atoms with Crippen LogP contribution in [0.3, 0.4) is 0 Å². The number of nitrogens with one attached hydrogen (secondary N) is 6. The van der Waals surface area contributed by atoms with Crippen LogP contribution in [0, 0.1) is 5.92 Å². The van der Waals surface area contributed by atoms with Crippen molar-refractivity contribution < 1.29 is 164 Å². The average Bonchev–Trinajstić information content (AvgIpc) is 1.05. The summed E-state index contributed by atoms with van der Waals surface area (Å²) in [6.07, 6.45) is -0.477. The Labute approximate surface area is 732 Å². The summed E-state index contributed by atoms with van der Waals surface area (Å²) in [5, 5.41) is 117. The van der Waals surface area contributed by atoms with Crippen molar-refractivity contribution in [3.05, 3.63) is 0 Å². The van der Waals surface area contributed by atoms with Gasteiger partial charge in [0.05, 0.1) is 65.6 Å². The van der Waals surface area contributed by atoms with Crippen molar-refractivity contribution in [2.24, 2.45) is 5.92 Å². The lowest BCUT2D eigenvalue weighted by atomic mass is 9.97. The maximum Gasteiger partial charge on any atom is 0.472 e. The Balaban J connectivity index is 1.24. The van der Waals surface area contributed by atoms with Gasteiger partial charge >= 0.3 is 15.6 Å². The molecular formula is C80H147N9O34P2. The monoisotopic (exact) mass is 1840 g/mol. The standard InChI is InChI=1S/C80H147N9O34P2/c1-55-24-23-25-59(33-32-55)113-47-38-88(67(101)30-15-6-18-35-82-64(98)27-12-9-21-45-115-79-70(85-57(3)95)76(107)73(104)61(53-92)122-79)40-49-118-125(111,112)120-51-42-89(68(102)31-16-7-19-36-83-65(99)28-13-10-22-46-116-80-71(86-58(4)96)77(108)74(105)62(54-93)123-80)41-50-119-124(109,110)117-48-39-87(37-43-90)66(100)29-14-5-17-34-81-63(97)26-11-8-20-44-114-78-69(84-56(2)94)75(106)72(103)60(52-91)121-78/h55,59-62,69-80,90-93,103-108H,5-54H2,1-4H3,(H,81,97)(H,82,98)(H,83,99)(H,84,94)(H,85,95)(H,86,96)(H,109,110)(H,111,112). The number of hydrogen-bond acceptors (Lipinski definition) is 32. The van der Waals surface area contributed by atoms with Crippen LogP contribution in [0.5, 0.6) is 0 Å². The Kier molecular flexibility index (Phi) is 57.2. The minimum Gasteiger partial charge on any atom is -0.395 e. The van der Waals surface area contributed by atoms with Crippen LogP contribution in [-0.4, -0.2) is 365 Å². The Morgan fingerprint density at radius 2 is 0.648 bits per heavy atom. The topological polar surface area (TPSA) is 614 Å². The van der Waals surface area contributed by atoms with Crippen LogP contribution < -0.4 is 31.9 Å². The SMILES string of the molecule is CC(=O)NC1C(OCCCCCC(=O)NCCCCCC(=O)N(CCO)CCOP(=O)(O)OCCN(CCOP(=O)(O)OCCN(CCOC2CCCC(C)CC2)C(=O)CCCCCNC(=O)CCCCCOC2OC(CO)C(O)C(O)C2NC(C)=O)C(=O)CCCCCNC(=O)CCCCCOC2OC(CO)C(O)C(O)C2NC(C)=O)OC(CO)C(O)C1O. The quantitative estimate of drug-likeness (QED) is 0.0204. The van der Waals surface area contributed by atoms with Crippen LogP contribution in [0.2, 0.25) is 0 Å². The van der Waals surface area contributed by atoms with Gasteiger partial charge in [-0.25, -0.2) is 9.13 Å². The Bertz CT molecular complexity index is 3190. The molecule has 4 rings (SSSR count). The summed E-state index contributed by atoms with van der Waals surface area (Å²) in [6, 6.07) is -3.21. The lowest BCUT2D eigenvalue weighted by Gasteiger charge is -2.42. The lowest BCUT2D eigenvalue weighted by Crippen LogP contribution is -2.64. The summed E-state index contributed by atoms with van der Waals surface area (Å²) in [5.41, 5.74) is 0. The first-order chi connectivity index (χ1) is 59.7. The molecule has 1 aliphatic carbocycles. The Hall–Kier alpha value is -5.23. The van der Waals surface area contributed by atoms with E-state index < -0.39 is 184 Å². The molecule has 9 amide bonds. The molecule has 1 saturated carbocycles. The highest BCUT2D eigenvalue weighted by Crippen LogP contribution is 2.44. The molecule has 19 atom stereocenters. The van der Waals surface area contributed by atoms with Gasteiger partial charge in [0.2, 0.25) is 53.2 Å². The molecule has 0 aromatic carbocycles. The molecule has 3 saturated heterocycles. The fourth-order valence-electron chi connectivity index (χ4n) is 14.6. The van der Waals surface area contributed by atoms with Gasteiger partial charge < -0.3 is 141 Å². The van der Waals surface area contributed by atoms with Gasteiger partial charge in [-0.3, -0.25) is 61.2 Å². The van der Waals surface area contributed by atoms with Gasteiger partial charge in [-0.2, -0.15) is 0 Å². The zero-order valence-corrected chi connectivity index (χ0v) is 75.0. The number of carbonyl (C=O) groups is 9. The van der Waals surface area contributed by atoms with E-state index in [-0.39, 0.29) is 146 Å². The van der Waals surface area contributed by atoms with Gasteiger partial charge in [0.25, 0.3) is 0 Å². The fourth-order valence-corrected chi connectivity index (χ4v) is 16.0. The van der Waals surface area contributed by atoms with E-state index in [2.05, 4.69) is 38.8 Å². The second-order valence-corrected chi connectivity index (χ2v) is 35.0. The highest BCUT2D eigenvalue weighted by Gasteiger charge is 2.48. The summed E-state index contributed by atoms with van der Waals surface area (Å²) in [4.78, 5) is 140. The number of carbonyl (C=O) groups excluding carboxylic acids is 9. The second-order valence-electron chi connectivity index (χ2n) is 32.1. The first-order valence-corrected chi connectivity index (χ1v) is 47.4. The molecule has 0 radical (unpaired) electrons. The molecule has 3 heterocycles. The molecule has 0 aromatic rings. The van der Waals surface area contributed by atoms with Crippen molar-refractivity contribution in [3.8, 4) is 0 Å². The molecule has 125 heavy (non-hydrogen) atoms. The molecular weight excluding hydrogens is 1690 g/mol. The van der Waals surface area contributed by atoms with Gasteiger partial charge in [-0.15, -0.1) is 0 Å². The summed E-state index contributed by atoms with van der Waals surface area (Å²) >= 11 is 0. The van der Waals surface area contributed by atoms with Gasteiger partial charge in [-0.05, 0) is 102 Å². The van der Waals surface area contributed by atoms with Crippen molar-refractivity contribution in [3.63, 3.8) is 0 Å². The highest BCUT2D eigenvalue weighted by atomic mass is 31.2. The summed E-state index contributed by atoms with van der Waals surface area (Å²) < 4.78 is 88.0. The number of phosphoric ester groups is 2. The molecule has 3 aliphatic heterocycles. The minimum absolute atomic E-state index is 0.0119. The third-order valence-electron chi connectivity index (χ3n) is 21.7. The Morgan fingerprint density at radius 3 is 0.952 bits per heavy atom. The molecule has 43 nitrogen and oxygen atoms in total. The van der Waals surface area contributed by atoms with Crippen LogP contribution in [0.15, 0.2) is 0 Å². The van der Waals surface area contributed by atoms with Gasteiger partial charge in [0.15, 0.2) is 18.9 Å². The zero-order chi connectivity index (χ0) is 92.1. The molecule has 18 N–H and O–H groups in total. The predicted octanol–water partition coefficient (Wildman–Crippen LogP) is -0.691. The number of aliphatic hydroxyl groups is 10. The maximum absolute atomic E-state index is 13.9. The first-order valence-electron chi connectivity index (χ1n) is 44.4.